The van der Waals surface area contributed by atoms with Crippen molar-refractivity contribution in [3.63, 3.8) is 0 Å². The largest absolute Gasteiger partial charge is 0.299 e. The summed E-state index contributed by atoms with van der Waals surface area (Å²) in [5.74, 6) is 0.527. The highest BCUT2D eigenvalue weighted by atomic mass is 35.5. The molecule has 1 aliphatic carbocycles. The zero-order valence-corrected chi connectivity index (χ0v) is 18.2. The second kappa shape index (κ2) is 9.98. The molecule has 1 aromatic carbocycles. The predicted octanol–water partition coefficient (Wildman–Crippen LogP) is 4.00. The first kappa shape index (κ1) is 20.7. The number of nitrogens with one attached hydrogen (secondary N) is 1. The van der Waals surface area contributed by atoms with Crippen LogP contribution in [0.3, 0.4) is 0 Å². The molecule has 1 N–H and O–H groups in total. The van der Waals surface area contributed by atoms with Gasteiger partial charge in [0.25, 0.3) is 0 Å². The zero-order chi connectivity index (χ0) is 20.1. The summed E-state index contributed by atoms with van der Waals surface area (Å²) in [5.41, 5.74) is 1.23. The number of hydrogen-bond donors (Lipinski definition) is 1. The molecule has 0 atom stereocenters. The van der Waals surface area contributed by atoms with Gasteiger partial charge in [0.2, 0.25) is 11.0 Å². The van der Waals surface area contributed by atoms with Crippen LogP contribution in [0.5, 0.6) is 0 Å². The van der Waals surface area contributed by atoms with Crippen molar-refractivity contribution >= 4 is 34.0 Å². The van der Waals surface area contributed by atoms with E-state index >= 15 is 0 Å². The zero-order valence-electron chi connectivity index (χ0n) is 16.6. The second-order valence-electron chi connectivity index (χ2n) is 8.01. The van der Waals surface area contributed by atoms with Gasteiger partial charge in [-0.2, -0.15) is 0 Å². The van der Waals surface area contributed by atoms with Crippen LogP contribution in [0.2, 0.25) is 5.02 Å². The fourth-order valence-electron chi connectivity index (χ4n) is 4.16. The van der Waals surface area contributed by atoms with E-state index in [2.05, 4.69) is 31.4 Å². The number of hydrogen-bond acceptors (Lipinski definition) is 6. The van der Waals surface area contributed by atoms with Gasteiger partial charge in [-0.05, 0) is 30.5 Å². The van der Waals surface area contributed by atoms with Crippen molar-refractivity contribution in [1.82, 2.24) is 20.0 Å². The van der Waals surface area contributed by atoms with Crippen LogP contribution in [0, 0.1) is 0 Å². The Morgan fingerprint density at radius 1 is 1.10 bits per heavy atom. The van der Waals surface area contributed by atoms with Crippen molar-refractivity contribution in [3.8, 4) is 0 Å². The summed E-state index contributed by atoms with van der Waals surface area (Å²) in [4.78, 5) is 17.0. The van der Waals surface area contributed by atoms with E-state index in [9.17, 15) is 4.79 Å². The van der Waals surface area contributed by atoms with Crippen LogP contribution < -0.4 is 5.32 Å². The van der Waals surface area contributed by atoms with E-state index in [-0.39, 0.29) is 5.91 Å². The predicted molar refractivity (Wildman–Crippen MR) is 118 cm³/mol. The molecule has 1 saturated heterocycles. The maximum Gasteiger partial charge on any atom is 0.240 e. The van der Waals surface area contributed by atoms with E-state index in [1.54, 1.807) is 11.3 Å². The average molecular weight is 434 g/mol. The van der Waals surface area contributed by atoms with Crippen LogP contribution in [0.15, 0.2) is 24.3 Å². The number of rotatable bonds is 6. The molecule has 8 heteroatoms. The SMILES string of the molecule is O=C(CN1CCN(Cc2cccc(Cl)c2)CC1)Nc1nnc(C2CCCCC2)s1. The third-order valence-corrected chi connectivity index (χ3v) is 7.01. The lowest BCUT2D eigenvalue weighted by Crippen LogP contribution is -2.48. The number of piperazine rings is 1. The highest BCUT2D eigenvalue weighted by molar-refractivity contribution is 7.15. The van der Waals surface area contributed by atoms with E-state index in [1.165, 1.54) is 37.7 Å². The molecule has 1 aliphatic heterocycles. The lowest BCUT2D eigenvalue weighted by Gasteiger charge is -2.34. The number of benzene rings is 1. The first-order chi connectivity index (χ1) is 14.2. The van der Waals surface area contributed by atoms with Crippen LogP contribution in [-0.2, 0) is 11.3 Å². The van der Waals surface area contributed by atoms with Gasteiger partial charge in [-0.25, -0.2) is 0 Å². The molecule has 1 saturated carbocycles. The maximum atomic E-state index is 12.4. The van der Waals surface area contributed by atoms with Crippen LogP contribution in [0.4, 0.5) is 5.13 Å². The van der Waals surface area contributed by atoms with E-state index < -0.39 is 0 Å². The van der Waals surface area contributed by atoms with Gasteiger partial charge in [0, 0.05) is 43.7 Å². The molecule has 4 rings (SSSR count). The molecule has 156 valence electrons. The smallest absolute Gasteiger partial charge is 0.240 e. The molecular formula is C21H28ClN5OS. The van der Waals surface area contributed by atoms with E-state index in [1.807, 2.05) is 18.2 Å². The monoisotopic (exact) mass is 433 g/mol. The Balaban J connectivity index is 1.20. The molecule has 2 heterocycles. The van der Waals surface area contributed by atoms with Crippen molar-refractivity contribution in [1.29, 1.82) is 0 Å². The number of carbonyl (C=O) groups is 1. The van der Waals surface area contributed by atoms with Gasteiger partial charge in [-0.1, -0.05) is 54.3 Å². The number of halogens is 1. The first-order valence-electron chi connectivity index (χ1n) is 10.5. The third kappa shape index (κ3) is 5.98. The number of nitrogens with zero attached hydrogens (tertiary/aromatic N) is 4. The Morgan fingerprint density at radius 3 is 2.62 bits per heavy atom. The van der Waals surface area contributed by atoms with Gasteiger partial charge < -0.3 is 0 Å². The molecule has 1 amide bonds. The molecule has 2 aliphatic rings. The van der Waals surface area contributed by atoms with E-state index in [0.717, 1.165) is 42.8 Å². The summed E-state index contributed by atoms with van der Waals surface area (Å²) >= 11 is 7.62. The maximum absolute atomic E-state index is 12.4. The second-order valence-corrected chi connectivity index (χ2v) is 9.46. The van der Waals surface area contributed by atoms with Crippen LogP contribution in [0.1, 0.15) is 48.6 Å². The van der Waals surface area contributed by atoms with Gasteiger partial charge in [0.1, 0.15) is 5.01 Å². The minimum Gasteiger partial charge on any atom is -0.299 e. The Kier molecular flexibility index (Phi) is 7.13. The molecule has 2 fully saturated rings. The van der Waals surface area contributed by atoms with Crippen molar-refractivity contribution < 1.29 is 4.79 Å². The molecule has 0 bridgehead atoms. The Hall–Kier alpha value is -1.54. The molecular weight excluding hydrogens is 406 g/mol. The molecule has 6 nitrogen and oxygen atoms in total. The van der Waals surface area contributed by atoms with Crippen molar-refractivity contribution in [2.24, 2.45) is 0 Å². The summed E-state index contributed by atoms with van der Waals surface area (Å²) in [6, 6.07) is 8.02. The summed E-state index contributed by atoms with van der Waals surface area (Å²) < 4.78 is 0. The van der Waals surface area contributed by atoms with Crippen molar-refractivity contribution in [2.45, 2.75) is 44.6 Å². The van der Waals surface area contributed by atoms with E-state index in [0.29, 0.717) is 17.6 Å². The lowest BCUT2D eigenvalue weighted by molar-refractivity contribution is -0.117. The first-order valence-corrected chi connectivity index (χ1v) is 11.7. The average Bonchev–Trinajstić information content (AvgIpc) is 3.18. The molecule has 29 heavy (non-hydrogen) atoms. The fraction of sp³-hybridized carbons (Fsp3) is 0.571. The lowest BCUT2D eigenvalue weighted by atomic mass is 9.90. The molecule has 0 spiro atoms. The molecule has 1 aromatic heterocycles. The topological polar surface area (TPSA) is 61.4 Å². The minimum absolute atomic E-state index is 0.000338. The van der Waals surface area contributed by atoms with Gasteiger partial charge in [-0.15, -0.1) is 10.2 Å². The Labute approximate surface area is 181 Å². The van der Waals surface area contributed by atoms with Gasteiger partial charge in [-0.3, -0.25) is 19.9 Å². The highest BCUT2D eigenvalue weighted by Gasteiger charge is 2.22. The Bertz CT molecular complexity index is 815. The van der Waals surface area contributed by atoms with Crippen molar-refractivity contribution in [3.05, 3.63) is 39.9 Å². The van der Waals surface area contributed by atoms with Gasteiger partial charge in [0.05, 0.1) is 6.54 Å². The summed E-state index contributed by atoms with van der Waals surface area (Å²) in [5, 5.41) is 13.9. The molecule has 0 unspecified atom stereocenters. The molecule has 2 aromatic rings. The third-order valence-electron chi connectivity index (χ3n) is 5.77. The quantitative estimate of drug-likeness (QED) is 0.746. The number of aromatic nitrogens is 2. The summed E-state index contributed by atoms with van der Waals surface area (Å²) in [6.07, 6.45) is 6.26. The number of anilines is 1. The number of carbonyl (C=O) groups excluding carboxylic acids is 1. The highest BCUT2D eigenvalue weighted by Crippen LogP contribution is 2.35. The summed E-state index contributed by atoms with van der Waals surface area (Å²) in [6.45, 7) is 4.97. The standard InChI is InChI=1S/C21H28ClN5OS/c22-18-8-4-5-16(13-18)14-26-9-11-27(12-10-26)15-19(28)23-21-25-24-20(29-21)17-6-2-1-3-7-17/h4-5,8,13,17H,1-3,6-7,9-12,14-15H2,(H,23,25,28). The Morgan fingerprint density at radius 2 is 1.86 bits per heavy atom. The molecule has 0 radical (unpaired) electrons. The van der Waals surface area contributed by atoms with Gasteiger partial charge >= 0.3 is 0 Å². The summed E-state index contributed by atoms with van der Waals surface area (Å²) in [7, 11) is 0. The van der Waals surface area contributed by atoms with E-state index in [4.69, 9.17) is 11.6 Å². The fourth-order valence-corrected chi connectivity index (χ4v) is 5.30. The number of amides is 1. The minimum atomic E-state index is -0.000338. The van der Waals surface area contributed by atoms with Crippen LogP contribution >= 0.6 is 22.9 Å². The van der Waals surface area contributed by atoms with Crippen LogP contribution in [0.25, 0.3) is 0 Å². The normalized spacial score (nSPS) is 19.3. The van der Waals surface area contributed by atoms with Crippen molar-refractivity contribution in [2.75, 3.05) is 38.0 Å². The van der Waals surface area contributed by atoms with Gasteiger partial charge in [0.15, 0.2) is 0 Å². The van der Waals surface area contributed by atoms with Crippen LogP contribution in [-0.4, -0.2) is 58.6 Å².